The van der Waals surface area contributed by atoms with E-state index in [4.69, 9.17) is 9.47 Å². The van der Waals surface area contributed by atoms with Gasteiger partial charge in [0.25, 0.3) is 5.91 Å². The first kappa shape index (κ1) is 19.2. The van der Waals surface area contributed by atoms with E-state index in [0.717, 1.165) is 12.0 Å². The van der Waals surface area contributed by atoms with E-state index in [-0.39, 0.29) is 19.0 Å². The van der Waals surface area contributed by atoms with Crippen molar-refractivity contribution in [2.24, 2.45) is 0 Å². The molecule has 6 heteroatoms. The van der Waals surface area contributed by atoms with Crippen molar-refractivity contribution in [1.29, 1.82) is 0 Å². The van der Waals surface area contributed by atoms with Gasteiger partial charge in [0.15, 0.2) is 19.0 Å². The Balaban J connectivity index is 1.75. The molecule has 1 N–H and O–H groups in total. The summed E-state index contributed by atoms with van der Waals surface area (Å²) in [6.07, 6.45) is 0.784. The highest BCUT2D eigenvalue weighted by Gasteiger charge is 2.10. The quantitative estimate of drug-likeness (QED) is 0.581. The minimum Gasteiger partial charge on any atom is -0.482 e. The molecule has 0 unspecified atom stereocenters. The molecule has 1 amide bonds. The second-order valence-corrected chi connectivity index (χ2v) is 5.59. The summed E-state index contributed by atoms with van der Waals surface area (Å²) >= 11 is 0. The Morgan fingerprint density at radius 2 is 1.65 bits per heavy atom. The van der Waals surface area contributed by atoms with Crippen molar-refractivity contribution in [2.45, 2.75) is 20.3 Å². The zero-order valence-corrected chi connectivity index (χ0v) is 14.8. The van der Waals surface area contributed by atoms with Crippen LogP contribution >= 0.6 is 0 Å². The summed E-state index contributed by atoms with van der Waals surface area (Å²) in [5.41, 5.74) is 2.27. The van der Waals surface area contributed by atoms with Gasteiger partial charge in [-0.2, -0.15) is 0 Å². The van der Waals surface area contributed by atoms with Crippen LogP contribution in [0.5, 0.6) is 5.75 Å². The van der Waals surface area contributed by atoms with Crippen LogP contribution in [0.3, 0.4) is 0 Å². The molecule has 6 nitrogen and oxygen atoms in total. The lowest BCUT2D eigenvalue weighted by Crippen LogP contribution is -2.24. The summed E-state index contributed by atoms with van der Waals surface area (Å²) in [7, 11) is 0. The van der Waals surface area contributed by atoms with E-state index in [1.54, 1.807) is 30.3 Å². The van der Waals surface area contributed by atoms with E-state index in [1.807, 2.05) is 25.1 Å². The summed E-state index contributed by atoms with van der Waals surface area (Å²) in [4.78, 5) is 34.8. The molecular formula is C20H21NO5. The monoisotopic (exact) mass is 355 g/mol. The van der Waals surface area contributed by atoms with Crippen LogP contribution in [0.2, 0.25) is 0 Å². The minimum absolute atomic E-state index is 0.0494. The third-order valence-electron chi connectivity index (χ3n) is 3.65. The van der Waals surface area contributed by atoms with Crippen LogP contribution in [0.15, 0.2) is 48.5 Å². The Morgan fingerprint density at radius 1 is 0.962 bits per heavy atom. The third kappa shape index (κ3) is 5.73. The number of hydrogen-bond acceptors (Lipinski definition) is 5. The molecule has 2 aromatic carbocycles. The number of para-hydroxylation sites is 1. The minimum atomic E-state index is -0.653. The average molecular weight is 355 g/mol. The van der Waals surface area contributed by atoms with E-state index in [9.17, 15) is 14.4 Å². The van der Waals surface area contributed by atoms with Gasteiger partial charge in [-0.05, 0) is 49.2 Å². The molecule has 0 heterocycles. The van der Waals surface area contributed by atoms with E-state index in [0.29, 0.717) is 17.0 Å². The zero-order valence-electron chi connectivity index (χ0n) is 14.8. The summed E-state index contributed by atoms with van der Waals surface area (Å²) in [5.74, 6) is -0.676. The Labute approximate surface area is 152 Å². The van der Waals surface area contributed by atoms with Gasteiger partial charge in [-0.1, -0.05) is 25.1 Å². The van der Waals surface area contributed by atoms with Crippen LogP contribution in [0, 0.1) is 0 Å². The van der Waals surface area contributed by atoms with Gasteiger partial charge in [0, 0.05) is 11.3 Å². The zero-order chi connectivity index (χ0) is 18.9. The van der Waals surface area contributed by atoms with Crippen molar-refractivity contribution >= 4 is 23.3 Å². The Kier molecular flexibility index (Phi) is 6.91. The highest BCUT2D eigenvalue weighted by molar-refractivity contribution is 5.94. The molecule has 0 atom stereocenters. The van der Waals surface area contributed by atoms with Crippen molar-refractivity contribution in [2.75, 3.05) is 18.5 Å². The van der Waals surface area contributed by atoms with Crippen LogP contribution in [0.4, 0.5) is 5.69 Å². The van der Waals surface area contributed by atoms with Gasteiger partial charge in [0.2, 0.25) is 0 Å². The molecule has 0 radical (unpaired) electrons. The molecule has 0 aromatic heterocycles. The molecule has 0 fully saturated rings. The average Bonchev–Trinajstić information content (AvgIpc) is 2.65. The number of carbonyl (C=O) groups is 3. The van der Waals surface area contributed by atoms with E-state index in [1.165, 1.54) is 6.92 Å². The molecule has 0 saturated carbocycles. The predicted octanol–water partition coefficient (Wildman–Crippen LogP) is 3.01. The Morgan fingerprint density at radius 3 is 2.31 bits per heavy atom. The lowest BCUT2D eigenvalue weighted by Gasteiger charge is -2.10. The summed E-state index contributed by atoms with van der Waals surface area (Å²) in [5, 5.41) is 2.72. The lowest BCUT2D eigenvalue weighted by molar-refractivity contribution is -0.149. The molecular weight excluding hydrogens is 334 g/mol. The fourth-order valence-corrected chi connectivity index (χ4v) is 2.25. The second kappa shape index (κ2) is 9.36. The van der Waals surface area contributed by atoms with Crippen LogP contribution in [0.25, 0.3) is 0 Å². The van der Waals surface area contributed by atoms with Crippen LogP contribution in [0.1, 0.15) is 29.8 Å². The smallest absolute Gasteiger partial charge is 0.344 e. The van der Waals surface area contributed by atoms with Crippen molar-refractivity contribution in [1.82, 2.24) is 0 Å². The Bertz CT molecular complexity index is 783. The number of aryl methyl sites for hydroxylation is 1. The molecule has 2 rings (SSSR count). The van der Waals surface area contributed by atoms with Gasteiger partial charge in [-0.15, -0.1) is 0 Å². The molecule has 0 bridgehead atoms. The normalized spacial score (nSPS) is 10.1. The van der Waals surface area contributed by atoms with Crippen molar-refractivity contribution in [3.05, 3.63) is 59.7 Å². The lowest BCUT2D eigenvalue weighted by atomic mass is 10.1. The number of hydrogen-bond donors (Lipinski definition) is 1. The number of amides is 1. The van der Waals surface area contributed by atoms with Crippen molar-refractivity contribution in [3.8, 4) is 5.75 Å². The maximum absolute atomic E-state index is 11.9. The highest BCUT2D eigenvalue weighted by Crippen LogP contribution is 2.15. The largest absolute Gasteiger partial charge is 0.482 e. The van der Waals surface area contributed by atoms with Crippen LogP contribution in [-0.4, -0.2) is 30.9 Å². The van der Waals surface area contributed by atoms with Gasteiger partial charge in [0.1, 0.15) is 5.75 Å². The van der Waals surface area contributed by atoms with E-state index < -0.39 is 11.9 Å². The standard InChI is InChI=1S/C20H21NO5/c1-3-15-6-4-5-7-18(15)21-19(23)12-26-20(24)13-25-17-10-8-16(9-11-17)14(2)22/h4-11H,3,12-13H2,1-2H3,(H,21,23). The number of rotatable bonds is 8. The van der Waals surface area contributed by atoms with Crippen molar-refractivity contribution < 1.29 is 23.9 Å². The first-order valence-corrected chi connectivity index (χ1v) is 8.26. The molecule has 26 heavy (non-hydrogen) atoms. The number of esters is 1. The second-order valence-electron chi connectivity index (χ2n) is 5.59. The maximum Gasteiger partial charge on any atom is 0.344 e. The number of benzene rings is 2. The number of ketones is 1. The summed E-state index contributed by atoms with van der Waals surface area (Å²) in [6.45, 7) is 2.75. The fraction of sp³-hybridized carbons (Fsp3) is 0.250. The molecule has 2 aromatic rings. The summed E-state index contributed by atoms with van der Waals surface area (Å²) < 4.78 is 10.2. The van der Waals surface area contributed by atoms with Crippen molar-refractivity contribution in [3.63, 3.8) is 0 Å². The molecule has 0 aliphatic rings. The highest BCUT2D eigenvalue weighted by atomic mass is 16.6. The van der Waals surface area contributed by atoms with Gasteiger partial charge in [-0.25, -0.2) is 4.79 Å². The van der Waals surface area contributed by atoms with Crippen LogP contribution < -0.4 is 10.1 Å². The fourth-order valence-electron chi connectivity index (χ4n) is 2.25. The number of anilines is 1. The van der Waals surface area contributed by atoms with Gasteiger partial charge < -0.3 is 14.8 Å². The van der Waals surface area contributed by atoms with Crippen LogP contribution in [-0.2, 0) is 20.7 Å². The molecule has 136 valence electrons. The van der Waals surface area contributed by atoms with Gasteiger partial charge in [-0.3, -0.25) is 9.59 Å². The topological polar surface area (TPSA) is 81.7 Å². The SMILES string of the molecule is CCc1ccccc1NC(=O)COC(=O)COc1ccc(C(C)=O)cc1. The number of nitrogens with one attached hydrogen (secondary N) is 1. The van der Waals surface area contributed by atoms with E-state index in [2.05, 4.69) is 5.32 Å². The Hall–Kier alpha value is -3.15. The maximum atomic E-state index is 11.9. The van der Waals surface area contributed by atoms with E-state index >= 15 is 0 Å². The van der Waals surface area contributed by atoms with Gasteiger partial charge >= 0.3 is 5.97 Å². The molecule has 0 saturated heterocycles. The first-order chi connectivity index (χ1) is 12.5. The first-order valence-electron chi connectivity index (χ1n) is 8.26. The predicted molar refractivity (Wildman–Crippen MR) is 97.4 cm³/mol. The van der Waals surface area contributed by atoms with Gasteiger partial charge in [0.05, 0.1) is 0 Å². The summed E-state index contributed by atoms with van der Waals surface area (Å²) in [6, 6.07) is 13.9. The number of Topliss-reactive ketones (excluding diaryl/α,β-unsaturated/α-hetero) is 1. The molecule has 0 spiro atoms. The number of ether oxygens (including phenoxy) is 2. The number of carbonyl (C=O) groups excluding carboxylic acids is 3. The molecule has 0 aliphatic heterocycles. The molecule has 0 aliphatic carbocycles. The third-order valence-corrected chi connectivity index (χ3v) is 3.65.